The van der Waals surface area contributed by atoms with Crippen molar-refractivity contribution in [3.05, 3.63) is 29.4 Å². The van der Waals surface area contributed by atoms with E-state index in [9.17, 15) is 4.79 Å². The number of H-pyrrole nitrogens is 1. The molecule has 1 atom stereocenters. The summed E-state index contributed by atoms with van der Waals surface area (Å²) < 4.78 is 0. The Bertz CT molecular complexity index is 504. The van der Waals surface area contributed by atoms with E-state index in [-0.39, 0.29) is 11.8 Å². The molecule has 0 aliphatic heterocycles. The first-order valence-electron chi connectivity index (χ1n) is 7.79. The van der Waals surface area contributed by atoms with Crippen LogP contribution in [0, 0.1) is 5.92 Å². The van der Waals surface area contributed by atoms with E-state index in [0.29, 0.717) is 0 Å². The molecule has 1 amide bonds. The van der Waals surface area contributed by atoms with Crippen LogP contribution in [0.5, 0.6) is 0 Å². The molecule has 108 valence electrons. The highest BCUT2D eigenvalue weighted by molar-refractivity contribution is 5.79. The highest BCUT2D eigenvalue weighted by Gasteiger charge is 2.25. The summed E-state index contributed by atoms with van der Waals surface area (Å²) in [4.78, 5) is 19.6. The van der Waals surface area contributed by atoms with Crippen molar-refractivity contribution in [2.24, 2.45) is 5.92 Å². The molecule has 0 bridgehead atoms. The quantitative estimate of drug-likeness (QED) is 0.828. The Morgan fingerprint density at radius 2 is 2.35 bits per heavy atom. The highest BCUT2D eigenvalue weighted by Crippen LogP contribution is 2.23. The van der Waals surface area contributed by atoms with Crippen molar-refractivity contribution in [2.45, 2.75) is 51.4 Å². The van der Waals surface area contributed by atoms with Crippen LogP contribution in [0.1, 0.15) is 49.9 Å². The second-order valence-electron chi connectivity index (χ2n) is 5.92. The second-order valence-corrected chi connectivity index (χ2v) is 5.92. The number of fused-ring (bicyclic) bond motifs is 1. The number of carbonyl (C=O) groups excluding carboxylic acids is 1. The highest BCUT2D eigenvalue weighted by atomic mass is 16.1. The Hall–Kier alpha value is -1.58. The van der Waals surface area contributed by atoms with Gasteiger partial charge in [-0.1, -0.05) is 11.6 Å². The fourth-order valence-electron chi connectivity index (χ4n) is 3.25. The molecule has 2 aliphatic carbocycles. The van der Waals surface area contributed by atoms with E-state index in [1.165, 1.54) is 31.3 Å². The normalized spacial score (nSPS) is 22.0. The summed E-state index contributed by atoms with van der Waals surface area (Å²) in [6.45, 7) is 0.789. The predicted molar refractivity (Wildman–Crippen MR) is 78.3 cm³/mol. The van der Waals surface area contributed by atoms with E-state index in [1.807, 2.05) is 0 Å². The Morgan fingerprint density at radius 3 is 3.20 bits per heavy atom. The smallest absolute Gasteiger partial charge is 0.223 e. The first kappa shape index (κ1) is 13.4. The molecule has 1 aromatic heterocycles. The summed E-state index contributed by atoms with van der Waals surface area (Å²) in [5.74, 6) is 0.324. The van der Waals surface area contributed by atoms with Crippen molar-refractivity contribution in [3.8, 4) is 0 Å². The van der Waals surface area contributed by atoms with Gasteiger partial charge in [0, 0.05) is 24.6 Å². The number of nitrogens with zero attached hydrogens (tertiary/aromatic N) is 1. The van der Waals surface area contributed by atoms with Gasteiger partial charge < -0.3 is 10.3 Å². The Morgan fingerprint density at radius 1 is 1.40 bits per heavy atom. The number of aromatic amines is 1. The van der Waals surface area contributed by atoms with Gasteiger partial charge in [-0.25, -0.2) is 4.98 Å². The zero-order chi connectivity index (χ0) is 13.8. The molecule has 2 aliphatic rings. The fraction of sp³-hybridized carbons (Fsp3) is 0.625. The van der Waals surface area contributed by atoms with Crippen LogP contribution in [-0.2, 0) is 17.6 Å². The molecule has 20 heavy (non-hydrogen) atoms. The number of aromatic nitrogens is 2. The number of amides is 1. The minimum Gasteiger partial charge on any atom is -0.356 e. The van der Waals surface area contributed by atoms with Gasteiger partial charge in [-0.05, 0) is 44.9 Å². The number of hydrogen-bond donors (Lipinski definition) is 2. The van der Waals surface area contributed by atoms with E-state index < -0.39 is 0 Å². The van der Waals surface area contributed by atoms with Crippen molar-refractivity contribution in [1.29, 1.82) is 0 Å². The zero-order valence-corrected chi connectivity index (χ0v) is 12.0. The number of imidazole rings is 1. The molecule has 4 heteroatoms. The van der Waals surface area contributed by atoms with Gasteiger partial charge >= 0.3 is 0 Å². The van der Waals surface area contributed by atoms with Crippen LogP contribution in [0.3, 0.4) is 0 Å². The number of hydrogen-bond acceptors (Lipinski definition) is 2. The van der Waals surface area contributed by atoms with Crippen molar-refractivity contribution >= 4 is 5.91 Å². The Balaban J connectivity index is 1.44. The lowest BCUT2D eigenvalue weighted by Gasteiger charge is -2.21. The number of nitrogens with one attached hydrogen (secondary N) is 2. The molecule has 1 aromatic rings. The molecule has 3 rings (SSSR count). The third kappa shape index (κ3) is 3.11. The number of allylic oxidation sites excluding steroid dienone is 1. The van der Waals surface area contributed by atoms with Gasteiger partial charge in [0.15, 0.2) is 0 Å². The summed E-state index contributed by atoms with van der Waals surface area (Å²) in [5.41, 5.74) is 3.81. The maximum absolute atomic E-state index is 12.2. The average molecular weight is 273 g/mol. The van der Waals surface area contributed by atoms with Crippen LogP contribution < -0.4 is 5.32 Å². The van der Waals surface area contributed by atoms with Crippen molar-refractivity contribution in [3.63, 3.8) is 0 Å². The molecule has 0 saturated carbocycles. The third-order valence-electron chi connectivity index (χ3n) is 4.49. The van der Waals surface area contributed by atoms with Gasteiger partial charge in [-0.15, -0.1) is 0 Å². The lowest BCUT2D eigenvalue weighted by molar-refractivity contribution is -0.125. The molecule has 0 fully saturated rings. The SMILES string of the molecule is O=C(NCCC1=CCCCC1)C1CCc2nc[nH]c2C1. The maximum atomic E-state index is 12.2. The second kappa shape index (κ2) is 6.25. The molecule has 0 aromatic carbocycles. The van der Waals surface area contributed by atoms with Crippen LogP contribution >= 0.6 is 0 Å². The molecule has 0 radical (unpaired) electrons. The maximum Gasteiger partial charge on any atom is 0.223 e. The summed E-state index contributed by atoms with van der Waals surface area (Å²) >= 11 is 0. The summed E-state index contributed by atoms with van der Waals surface area (Å²) in [6, 6.07) is 0. The van der Waals surface area contributed by atoms with Crippen LogP contribution in [0.25, 0.3) is 0 Å². The summed E-state index contributed by atoms with van der Waals surface area (Å²) in [5, 5.41) is 3.11. The monoisotopic (exact) mass is 273 g/mol. The average Bonchev–Trinajstić information content (AvgIpc) is 2.95. The number of carbonyl (C=O) groups is 1. The minimum absolute atomic E-state index is 0.114. The summed E-state index contributed by atoms with van der Waals surface area (Å²) in [7, 11) is 0. The minimum atomic E-state index is 0.114. The van der Waals surface area contributed by atoms with Crippen molar-refractivity contribution in [2.75, 3.05) is 6.54 Å². The van der Waals surface area contributed by atoms with E-state index >= 15 is 0 Å². The van der Waals surface area contributed by atoms with Gasteiger partial charge in [-0.3, -0.25) is 4.79 Å². The van der Waals surface area contributed by atoms with Crippen molar-refractivity contribution in [1.82, 2.24) is 15.3 Å². The molecular formula is C16H23N3O. The van der Waals surface area contributed by atoms with Gasteiger partial charge in [-0.2, -0.15) is 0 Å². The molecule has 2 N–H and O–H groups in total. The molecule has 0 saturated heterocycles. The number of aryl methyl sites for hydroxylation is 1. The molecule has 1 heterocycles. The third-order valence-corrected chi connectivity index (χ3v) is 4.49. The molecule has 0 spiro atoms. The van der Waals surface area contributed by atoms with Gasteiger partial charge in [0.1, 0.15) is 0 Å². The predicted octanol–water partition coefficient (Wildman–Crippen LogP) is 2.52. The van der Waals surface area contributed by atoms with Crippen LogP contribution in [0.2, 0.25) is 0 Å². The Kier molecular flexibility index (Phi) is 4.19. The number of rotatable bonds is 4. The van der Waals surface area contributed by atoms with E-state index in [2.05, 4.69) is 21.4 Å². The Labute approximate surface area is 120 Å². The first-order valence-corrected chi connectivity index (χ1v) is 7.79. The van der Waals surface area contributed by atoms with Gasteiger partial charge in [0.05, 0.1) is 12.0 Å². The first-order chi connectivity index (χ1) is 9.83. The largest absolute Gasteiger partial charge is 0.356 e. The molecular weight excluding hydrogens is 250 g/mol. The van der Waals surface area contributed by atoms with Crippen LogP contribution in [0.4, 0.5) is 0 Å². The summed E-state index contributed by atoms with van der Waals surface area (Å²) in [6.07, 6.45) is 12.8. The molecule has 4 nitrogen and oxygen atoms in total. The van der Waals surface area contributed by atoms with Crippen LogP contribution in [-0.4, -0.2) is 22.4 Å². The lowest BCUT2D eigenvalue weighted by Crippen LogP contribution is -2.34. The van der Waals surface area contributed by atoms with E-state index in [4.69, 9.17) is 0 Å². The van der Waals surface area contributed by atoms with Crippen molar-refractivity contribution < 1.29 is 4.79 Å². The van der Waals surface area contributed by atoms with E-state index in [0.717, 1.165) is 43.6 Å². The van der Waals surface area contributed by atoms with E-state index in [1.54, 1.807) is 6.33 Å². The van der Waals surface area contributed by atoms with Gasteiger partial charge in [0.2, 0.25) is 5.91 Å². The zero-order valence-electron chi connectivity index (χ0n) is 12.0. The topological polar surface area (TPSA) is 57.8 Å². The lowest BCUT2D eigenvalue weighted by atomic mass is 9.89. The fourth-order valence-corrected chi connectivity index (χ4v) is 3.25. The van der Waals surface area contributed by atoms with Crippen LogP contribution in [0.15, 0.2) is 18.0 Å². The van der Waals surface area contributed by atoms with Gasteiger partial charge in [0.25, 0.3) is 0 Å². The standard InChI is InChI=1S/C16H23N3O/c20-16(17-9-8-12-4-2-1-3-5-12)13-6-7-14-15(10-13)19-11-18-14/h4,11,13H,1-3,5-10H2,(H,17,20)(H,18,19). The molecule has 1 unspecified atom stereocenters.